The molecule has 0 saturated heterocycles. The highest BCUT2D eigenvalue weighted by Crippen LogP contribution is 2.37. The van der Waals surface area contributed by atoms with Crippen LogP contribution in [0.4, 0.5) is 20.2 Å². The number of halogens is 2. The first-order valence-corrected chi connectivity index (χ1v) is 6.81. The SMILES string of the molecule is CC1(C)CCC(Nc2ccc(N)cc2C(F)F)CC1. The number of hydrogen-bond acceptors (Lipinski definition) is 2. The lowest BCUT2D eigenvalue weighted by atomic mass is 9.75. The monoisotopic (exact) mass is 268 g/mol. The molecular weight excluding hydrogens is 246 g/mol. The van der Waals surface area contributed by atoms with E-state index in [0.717, 1.165) is 25.7 Å². The summed E-state index contributed by atoms with van der Waals surface area (Å²) < 4.78 is 26.0. The van der Waals surface area contributed by atoms with E-state index >= 15 is 0 Å². The Morgan fingerprint density at radius 3 is 2.47 bits per heavy atom. The van der Waals surface area contributed by atoms with Gasteiger partial charge >= 0.3 is 0 Å². The van der Waals surface area contributed by atoms with E-state index in [-0.39, 0.29) is 11.6 Å². The van der Waals surface area contributed by atoms with Crippen molar-refractivity contribution < 1.29 is 8.78 Å². The first-order valence-electron chi connectivity index (χ1n) is 6.81. The summed E-state index contributed by atoms with van der Waals surface area (Å²) in [6.45, 7) is 4.52. The van der Waals surface area contributed by atoms with Gasteiger partial charge in [0, 0.05) is 23.0 Å². The molecule has 1 aromatic rings. The van der Waals surface area contributed by atoms with Gasteiger partial charge in [0.25, 0.3) is 6.43 Å². The van der Waals surface area contributed by atoms with E-state index in [1.165, 1.54) is 6.07 Å². The van der Waals surface area contributed by atoms with Gasteiger partial charge in [-0.05, 0) is 49.3 Å². The van der Waals surface area contributed by atoms with Crippen molar-refractivity contribution in [1.82, 2.24) is 0 Å². The summed E-state index contributed by atoms with van der Waals surface area (Å²) in [7, 11) is 0. The van der Waals surface area contributed by atoms with Gasteiger partial charge in [-0.25, -0.2) is 8.78 Å². The Bertz CT molecular complexity index is 434. The van der Waals surface area contributed by atoms with Crippen LogP contribution in [0.1, 0.15) is 51.5 Å². The van der Waals surface area contributed by atoms with Crippen molar-refractivity contribution in [1.29, 1.82) is 0 Å². The molecule has 1 fully saturated rings. The number of nitrogen functional groups attached to an aromatic ring is 1. The molecule has 4 heteroatoms. The zero-order valence-corrected chi connectivity index (χ0v) is 11.5. The van der Waals surface area contributed by atoms with E-state index in [0.29, 0.717) is 16.8 Å². The highest BCUT2D eigenvalue weighted by atomic mass is 19.3. The third kappa shape index (κ3) is 3.58. The van der Waals surface area contributed by atoms with Gasteiger partial charge in [-0.3, -0.25) is 0 Å². The molecule has 0 spiro atoms. The van der Waals surface area contributed by atoms with Gasteiger partial charge in [0.1, 0.15) is 0 Å². The minimum atomic E-state index is -2.49. The standard InChI is InChI=1S/C15H22F2N2/c1-15(2)7-5-11(6-8-15)19-13-4-3-10(18)9-12(13)14(16)17/h3-4,9,11,14,19H,5-8,18H2,1-2H3. The van der Waals surface area contributed by atoms with Crippen LogP contribution < -0.4 is 11.1 Å². The first-order chi connectivity index (χ1) is 8.87. The van der Waals surface area contributed by atoms with E-state index in [4.69, 9.17) is 5.73 Å². The van der Waals surface area contributed by atoms with Crippen LogP contribution in [0.3, 0.4) is 0 Å². The summed E-state index contributed by atoms with van der Waals surface area (Å²) in [4.78, 5) is 0. The van der Waals surface area contributed by atoms with Crippen LogP contribution in [-0.4, -0.2) is 6.04 Å². The lowest BCUT2D eigenvalue weighted by Gasteiger charge is -2.35. The number of nitrogens with one attached hydrogen (secondary N) is 1. The number of rotatable bonds is 3. The average Bonchev–Trinajstić information content (AvgIpc) is 2.33. The van der Waals surface area contributed by atoms with Crippen LogP contribution in [0.15, 0.2) is 18.2 Å². The minimum Gasteiger partial charge on any atom is -0.399 e. The van der Waals surface area contributed by atoms with Crippen LogP contribution >= 0.6 is 0 Å². The largest absolute Gasteiger partial charge is 0.399 e. The van der Waals surface area contributed by atoms with Crippen molar-refractivity contribution >= 4 is 11.4 Å². The molecule has 2 rings (SSSR count). The summed E-state index contributed by atoms with van der Waals surface area (Å²) >= 11 is 0. The summed E-state index contributed by atoms with van der Waals surface area (Å²) in [5.41, 5.74) is 6.86. The van der Waals surface area contributed by atoms with Gasteiger partial charge in [0.15, 0.2) is 0 Å². The second-order valence-corrected chi connectivity index (χ2v) is 6.23. The van der Waals surface area contributed by atoms with Gasteiger partial charge < -0.3 is 11.1 Å². The van der Waals surface area contributed by atoms with Crippen molar-refractivity contribution in [3.63, 3.8) is 0 Å². The molecule has 0 unspecified atom stereocenters. The molecule has 19 heavy (non-hydrogen) atoms. The molecule has 0 radical (unpaired) electrons. The maximum atomic E-state index is 13.0. The van der Waals surface area contributed by atoms with Crippen molar-refractivity contribution in [3.05, 3.63) is 23.8 Å². The smallest absolute Gasteiger partial charge is 0.265 e. The van der Waals surface area contributed by atoms with Crippen LogP contribution in [0.2, 0.25) is 0 Å². The second kappa shape index (κ2) is 5.35. The molecule has 0 atom stereocenters. The topological polar surface area (TPSA) is 38.0 Å². The quantitative estimate of drug-likeness (QED) is 0.787. The molecule has 1 aliphatic rings. The number of benzene rings is 1. The Labute approximate surface area is 113 Å². The minimum absolute atomic E-state index is 0.00448. The van der Waals surface area contributed by atoms with Crippen molar-refractivity contribution in [2.24, 2.45) is 5.41 Å². The van der Waals surface area contributed by atoms with E-state index < -0.39 is 6.43 Å². The third-order valence-electron chi connectivity index (χ3n) is 4.01. The molecule has 0 aliphatic heterocycles. The van der Waals surface area contributed by atoms with E-state index in [9.17, 15) is 8.78 Å². The van der Waals surface area contributed by atoms with Gasteiger partial charge in [0.2, 0.25) is 0 Å². The summed E-state index contributed by atoms with van der Waals surface area (Å²) in [6, 6.07) is 4.98. The molecule has 0 bridgehead atoms. The first kappa shape index (κ1) is 14.1. The molecule has 106 valence electrons. The second-order valence-electron chi connectivity index (χ2n) is 6.23. The molecular formula is C15H22F2N2. The Morgan fingerprint density at radius 1 is 1.26 bits per heavy atom. The lowest BCUT2D eigenvalue weighted by molar-refractivity contribution is 0.152. The van der Waals surface area contributed by atoms with E-state index in [2.05, 4.69) is 19.2 Å². The summed E-state index contributed by atoms with van der Waals surface area (Å²) in [6.07, 6.45) is 1.82. The molecule has 0 heterocycles. The van der Waals surface area contributed by atoms with Gasteiger partial charge in [-0.2, -0.15) is 0 Å². The Kier molecular flexibility index (Phi) is 3.97. The molecule has 3 N–H and O–H groups in total. The maximum absolute atomic E-state index is 13.0. The number of nitrogens with two attached hydrogens (primary N) is 1. The highest BCUT2D eigenvalue weighted by molar-refractivity contribution is 5.59. The Balaban J connectivity index is 2.07. The Morgan fingerprint density at radius 2 is 1.89 bits per heavy atom. The molecule has 0 amide bonds. The molecule has 1 aromatic carbocycles. The predicted octanol–water partition coefficient (Wildman–Crippen LogP) is 4.59. The van der Waals surface area contributed by atoms with Gasteiger partial charge in [-0.1, -0.05) is 13.8 Å². The fraction of sp³-hybridized carbons (Fsp3) is 0.600. The van der Waals surface area contributed by atoms with Crippen molar-refractivity contribution in [2.45, 2.75) is 52.0 Å². The number of hydrogen-bond donors (Lipinski definition) is 2. The molecule has 1 aliphatic carbocycles. The molecule has 1 saturated carbocycles. The van der Waals surface area contributed by atoms with Crippen LogP contribution in [-0.2, 0) is 0 Å². The van der Waals surface area contributed by atoms with Crippen LogP contribution in [0, 0.1) is 5.41 Å². The average molecular weight is 268 g/mol. The third-order valence-corrected chi connectivity index (χ3v) is 4.01. The molecule has 0 aromatic heterocycles. The van der Waals surface area contributed by atoms with Crippen molar-refractivity contribution in [3.8, 4) is 0 Å². The fourth-order valence-corrected chi connectivity index (χ4v) is 2.66. The van der Waals surface area contributed by atoms with E-state index in [1.807, 2.05) is 0 Å². The Hall–Kier alpha value is -1.32. The van der Waals surface area contributed by atoms with Gasteiger partial charge in [0.05, 0.1) is 0 Å². The predicted molar refractivity (Wildman–Crippen MR) is 75.5 cm³/mol. The van der Waals surface area contributed by atoms with Crippen LogP contribution in [0.5, 0.6) is 0 Å². The highest BCUT2D eigenvalue weighted by Gasteiger charge is 2.27. The van der Waals surface area contributed by atoms with Crippen molar-refractivity contribution in [2.75, 3.05) is 11.1 Å². The van der Waals surface area contributed by atoms with E-state index in [1.54, 1.807) is 12.1 Å². The fourth-order valence-electron chi connectivity index (χ4n) is 2.66. The molecule has 2 nitrogen and oxygen atoms in total. The number of alkyl halides is 2. The lowest BCUT2D eigenvalue weighted by Crippen LogP contribution is -2.30. The number of anilines is 2. The maximum Gasteiger partial charge on any atom is 0.265 e. The van der Waals surface area contributed by atoms with Gasteiger partial charge in [-0.15, -0.1) is 0 Å². The zero-order valence-electron chi connectivity index (χ0n) is 11.5. The summed E-state index contributed by atoms with van der Waals surface area (Å²) in [5.74, 6) is 0. The summed E-state index contributed by atoms with van der Waals surface area (Å²) in [5, 5.41) is 3.26. The van der Waals surface area contributed by atoms with Crippen LogP contribution in [0.25, 0.3) is 0 Å². The normalized spacial score (nSPS) is 19.6. The zero-order chi connectivity index (χ0) is 14.0.